The van der Waals surface area contributed by atoms with Gasteiger partial charge in [-0.05, 0) is 20.3 Å². The van der Waals surface area contributed by atoms with Crippen molar-refractivity contribution in [3.05, 3.63) is 15.8 Å². The summed E-state index contributed by atoms with van der Waals surface area (Å²) in [7, 11) is 0. The molecule has 1 heterocycles. The van der Waals surface area contributed by atoms with Gasteiger partial charge in [0.1, 0.15) is 5.69 Å². The molecule has 0 amide bonds. The number of hydrogen-bond donors (Lipinski definition) is 2. The van der Waals surface area contributed by atoms with Crippen molar-refractivity contribution in [1.29, 1.82) is 0 Å². The summed E-state index contributed by atoms with van der Waals surface area (Å²) in [6.45, 7) is 4.21. The summed E-state index contributed by atoms with van der Waals surface area (Å²) >= 11 is 1.26. The SMILES string of the molecule is CCNc1nc(C)c([N+](=O)[O-])c(SCCCO)n1. The third kappa shape index (κ3) is 3.81. The topological polar surface area (TPSA) is 101 Å². The lowest BCUT2D eigenvalue weighted by Gasteiger charge is -2.07. The molecule has 0 radical (unpaired) electrons. The highest BCUT2D eigenvalue weighted by Crippen LogP contribution is 2.30. The Hall–Kier alpha value is -1.41. The third-order valence-electron chi connectivity index (χ3n) is 2.09. The van der Waals surface area contributed by atoms with Crippen LogP contribution in [0.1, 0.15) is 19.0 Å². The van der Waals surface area contributed by atoms with Gasteiger partial charge in [-0.25, -0.2) is 4.98 Å². The van der Waals surface area contributed by atoms with E-state index in [4.69, 9.17) is 5.11 Å². The number of nitrogens with zero attached hydrogens (tertiary/aromatic N) is 3. The molecular weight excluding hydrogens is 256 g/mol. The van der Waals surface area contributed by atoms with Crippen LogP contribution in [0.15, 0.2) is 5.03 Å². The summed E-state index contributed by atoms with van der Waals surface area (Å²) in [5, 5.41) is 23.0. The van der Waals surface area contributed by atoms with Crippen LogP contribution >= 0.6 is 11.8 Å². The predicted molar refractivity (Wildman–Crippen MR) is 70.0 cm³/mol. The van der Waals surface area contributed by atoms with E-state index in [0.29, 0.717) is 35.4 Å². The lowest BCUT2D eigenvalue weighted by atomic mass is 10.4. The molecule has 0 spiro atoms. The highest BCUT2D eigenvalue weighted by molar-refractivity contribution is 7.99. The van der Waals surface area contributed by atoms with Gasteiger partial charge >= 0.3 is 5.69 Å². The molecule has 8 heteroatoms. The van der Waals surface area contributed by atoms with Gasteiger partial charge in [-0.1, -0.05) is 11.8 Å². The largest absolute Gasteiger partial charge is 0.396 e. The second kappa shape index (κ2) is 7.12. The molecule has 0 unspecified atom stereocenters. The van der Waals surface area contributed by atoms with E-state index in [9.17, 15) is 10.1 Å². The normalized spacial score (nSPS) is 10.4. The molecule has 1 aromatic heterocycles. The van der Waals surface area contributed by atoms with E-state index >= 15 is 0 Å². The Morgan fingerprint density at radius 2 is 2.22 bits per heavy atom. The number of aliphatic hydroxyl groups excluding tert-OH is 1. The van der Waals surface area contributed by atoms with Gasteiger partial charge in [0.25, 0.3) is 0 Å². The first-order valence-corrected chi connectivity index (χ1v) is 6.59. The Balaban J connectivity index is 3.03. The Kier molecular flexibility index (Phi) is 5.79. The number of aryl methyl sites for hydroxylation is 1. The maximum absolute atomic E-state index is 11.0. The van der Waals surface area contributed by atoms with Crippen LogP contribution in [0.3, 0.4) is 0 Å². The average Bonchev–Trinajstić information content (AvgIpc) is 2.28. The van der Waals surface area contributed by atoms with Gasteiger partial charge in [-0.15, -0.1) is 0 Å². The fraction of sp³-hybridized carbons (Fsp3) is 0.600. The number of thioether (sulfide) groups is 1. The Labute approximate surface area is 109 Å². The van der Waals surface area contributed by atoms with E-state index in [0.717, 1.165) is 0 Å². The maximum atomic E-state index is 11.0. The van der Waals surface area contributed by atoms with Crippen LogP contribution < -0.4 is 5.32 Å². The number of aliphatic hydroxyl groups is 1. The zero-order valence-corrected chi connectivity index (χ0v) is 11.2. The Bertz CT molecular complexity index is 428. The van der Waals surface area contributed by atoms with Crippen LogP contribution in [0, 0.1) is 17.0 Å². The second-order valence-electron chi connectivity index (χ2n) is 3.50. The smallest absolute Gasteiger partial charge is 0.322 e. The van der Waals surface area contributed by atoms with Crippen molar-refractivity contribution >= 4 is 23.4 Å². The average molecular weight is 272 g/mol. The first-order valence-electron chi connectivity index (χ1n) is 5.60. The molecule has 0 aliphatic carbocycles. The summed E-state index contributed by atoms with van der Waals surface area (Å²) in [5.74, 6) is 0.978. The monoisotopic (exact) mass is 272 g/mol. The van der Waals surface area contributed by atoms with Crippen molar-refractivity contribution in [2.45, 2.75) is 25.3 Å². The molecule has 1 aromatic rings. The minimum absolute atomic E-state index is 0.0559. The summed E-state index contributed by atoms with van der Waals surface area (Å²) < 4.78 is 0. The first-order chi connectivity index (χ1) is 8.60. The van der Waals surface area contributed by atoms with E-state index in [1.165, 1.54) is 11.8 Å². The van der Waals surface area contributed by atoms with Crippen molar-refractivity contribution < 1.29 is 10.0 Å². The van der Waals surface area contributed by atoms with Gasteiger partial charge in [0.05, 0.1) is 4.92 Å². The molecule has 0 bridgehead atoms. The number of nitro groups is 1. The van der Waals surface area contributed by atoms with Crippen LogP contribution in [0.25, 0.3) is 0 Å². The number of aromatic nitrogens is 2. The van der Waals surface area contributed by atoms with Crippen molar-refractivity contribution in [3.8, 4) is 0 Å². The molecule has 0 aliphatic rings. The first kappa shape index (κ1) is 14.7. The molecule has 100 valence electrons. The fourth-order valence-corrected chi connectivity index (χ4v) is 2.30. The number of nitrogens with one attached hydrogen (secondary N) is 1. The van der Waals surface area contributed by atoms with E-state index in [1.807, 2.05) is 6.92 Å². The minimum Gasteiger partial charge on any atom is -0.396 e. The molecule has 0 saturated heterocycles. The van der Waals surface area contributed by atoms with Crippen molar-refractivity contribution in [2.24, 2.45) is 0 Å². The zero-order valence-electron chi connectivity index (χ0n) is 10.3. The lowest BCUT2D eigenvalue weighted by Crippen LogP contribution is -2.07. The van der Waals surface area contributed by atoms with Crippen LogP contribution in [0.5, 0.6) is 0 Å². The fourth-order valence-electron chi connectivity index (χ4n) is 1.32. The van der Waals surface area contributed by atoms with Crippen LogP contribution in [-0.4, -0.2) is 38.9 Å². The summed E-state index contributed by atoms with van der Waals surface area (Å²) in [6.07, 6.45) is 0.571. The molecule has 0 atom stereocenters. The van der Waals surface area contributed by atoms with Crippen LogP contribution in [-0.2, 0) is 0 Å². The van der Waals surface area contributed by atoms with Gasteiger partial charge in [-0.3, -0.25) is 10.1 Å². The zero-order chi connectivity index (χ0) is 13.5. The minimum atomic E-state index is -0.466. The predicted octanol–water partition coefficient (Wildman–Crippen LogP) is 1.60. The van der Waals surface area contributed by atoms with Crippen LogP contribution in [0.2, 0.25) is 0 Å². The molecule has 0 fully saturated rings. The van der Waals surface area contributed by atoms with Crippen molar-refractivity contribution in [2.75, 3.05) is 24.2 Å². The number of rotatable bonds is 7. The van der Waals surface area contributed by atoms with E-state index in [-0.39, 0.29) is 12.3 Å². The van der Waals surface area contributed by atoms with Gasteiger partial charge in [0, 0.05) is 18.9 Å². The highest BCUT2D eigenvalue weighted by Gasteiger charge is 2.21. The van der Waals surface area contributed by atoms with Crippen molar-refractivity contribution in [1.82, 2.24) is 9.97 Å². The maximum Gasteiger partial charge on any atom is 0.322 e. The Morgan fingerprint density at radius 1 is 1.50 bits per heavy atom. The van der Waals surface area contributed by atoms with E-state index < -0.39 is 4.92 Å². The van der Waals surface area contributed by atoms with Crippen molar-refractivity contribution in [3.63, 3.8) is 0 Å². The standard InChI is InChI=1S/C10H16N4O3S/c1-3-11-10-12-7(2)8(14(16)17)9(13-10)18-6-4-5-15/h15H,3-6H2,1-2H3,(H,11,12,13). The summed E-state index contributed by atoms with van der Waals surface area (Å²) in [6, 6.07) is 0. The quantitative estimate of drug-likeness (QED) is 0.255. The van der Waals surface area contributed by atoms with E-state index in [1.54, 1.807) is 6.92 Å². The molecule has 2 N–H and O–H groups in total. The summed E-state index contributed by atoms with van der Waals surface area (Å²) in [5.41, 5.74) is 0.289. The molecule has 0 aromatic carbocycles. The molecule has 0 aliphatic heterocycles. The molecular formula is C10H16N4O3S. The molecule has 1 rings (SSSR count). The van der Waals surface area contributed by atoms with Gasteiger partial charge in [-0.2, -0.15) is 4.98 Å². The number of hydrogen-bond acceptors (Lipinski definition) is 7. The second-order valence-corrected chi connectivity index (χ2v) is 4.58. The number of anilines is 1. The molecule has 0 saturated carbocycles. The lowest BCUT2D eigenvalue weighted by molar-refractivity contribution is -0.389. The van der Waals surface area contributed by atoms with Gasteiger partial charge in [0.2, 0.25) is 5.95 Å². The van der Waals surface area contributed by atoms with Gasteiger partial charge in [0.15, 0.2) is 5.03 Å². The van der Waals surface area contributed by atoms with Gasteiger partial charge < -0.3 is 10.4 Å². The van der Waals surface area contributed by atoms with Crippen LogP contribution in [0.4, 0.5) is 11.6 Å². The highest BCUT2D eigenvalue weighted by atomic mass is 32.2. The Morgan fingerprint density at radius 3 is 2.78 bits per heavy atom. The third-order valence-corrected chi connectivity index (χ3v) is 3.14. The molecule has 7 nitrogen and oxygen atoms in total. The molecule has 18 heavy (non-hydrogen) atoms. The summed E-state index contributed by atoms with van der Waals surface area (Å²) in [4.78, 5) is 18.7. The van der Waals surface area contributed by atoms with E-state index in [2.05, 4.69) is 15.3 Å².